The van der Waals surface area contributed by atoms with Gasteiger partial charge >= 0.3 is 0 Å². The van der Waals surface area contributed by atoms with Crippen molar-refractivity contribution in [1.29, 1.82) is 0 Å². The van der Waals surface area contributed by atoms with Crippen LogP contribution in [0, 0.1) is 0 Å². The summed E-state index contributed by atoms with van der Waals surface area (Å²) in [6.07, 6.45) is 3.47. The van der Waals surface area contributed by atoms with E-state index in [2.05, 4.69) is 47.1 Å². The number of aromatic nitrogens is 2. The van der Waals surface area contributed by atoms with E-state index in [0.29, 0.717) is 6.54 Å². The average molecular weight is 343 g/mol. The Bertz CT molecular complexity index is 454. The van der Waals surface area contributed by atoms with Crippen LogP contribution >= 0.6 is 31.9 Å². The van der Waals surface area contributed by atoms with Crippen molar-refractivity contribution in [1.82, 2.24) is 9.97 Å². The zero-order valence-corrected chi connectivity index (χ0v) is 11.5. The topological polar surface area (TPSA) is 37.8 Å². The quantitative estimate of drug-likeness (QED) is 0.925. The molecular formula is C11H9Br2N3. The average Bonchev–Trinajstić information content (AvgIpc) is 2.30. The van der Waals surface area contributed by atoms with Crippen LogP contribution in [0.15, 0.2) is 45.6 Å². The van der Waals surface area contributed by atoms with E-state index in [1.807, 2.05) is 18.2 Å². The minimum Gasteiger partial charge on any atom is -0.376 e. The van der Waals surface area contributed by atoms with Crippen molar-refractivity contribution in [2.24, 2.45) is 0 Å². The first-order valence-electron chi connectivity index (χ1n) is 4.71. The molecule has 0 amide bonds. The maximum absolute atomic E-state index is 4.15. The van der Waals surface area contributed by atoms with E-state index in [-0.39, 0.29) is 0 Å². The molecule has 3 nitrogen and oxygen atoms in total. The Hall–Kier alpha value is -0.940. The Morgan fingerprint density at radius 1 is 1.00 bits per heavy atom. The van der Waals surface area contributed by atoms with Gasteiger partial charge in [-0.25, -0.2) is 9.97 Å². The van der Waals surface area contributed by atoms with Crippen molar-refractivity contribution in [3.05, 3.63) is 51.4 Å². The van der Waals surface area contributed by atoms with Crippen molar-refractivity contribution in [2.45, 2.75) is 6.54 Å². The van der Waals surface area contributed by atoms with Crippen LogP contribution in [0.2, 0.25) is 0 Å². The summed E-state index contributed by atoms with van der Waals surface area (Å²) in [6, 6.07) is 7.74. The predicted octanol–water partition coefficient (Wildman–Crippen LogP) is 3.61. The molecule has 2 rings (SSSR count). The maximum Gasteiger partial charge on any atom is 0.147 e. The molecule has 0 spiro atoms. The van der Waals surface area contributed by atoms with Crippen LogP contribution in [0.4, 0.5) is 5.69 Å². The van der Waals surface area contributed by atoms with Crippen LogP contribution in [0.25, 0.3) is 0 Å². The molecule has 1 aromatic heterocycles. The van der Waals surface area contributed by atoms with Crippen molar-refractivity contribution < 1.29 is 0 Å². The second-order valence-electron chi connectivity index (χ2n) is 3.12. The summed E-state index contributed by atoms with van der Waals surface area (Å²) in [7, 11) is 0. The van der Waals surface area contributed by atoms with Gasteiger partial charge in [0.05, 0.1) is 12.2 Å². The first-order valence-corrected chi connectivity index (χ1v) is 6.30. The molecule has 0 atom stereocenters. The van der Waals surface area contributed by atoms with Crippen molar-refractivity contribution in [2.75, 3.05) is 5.32 Å². The minimum atomic E-state index is 0.599. The SMILES string of the molecule is Brc1cccc(Br)c1NCc1ncccn1. The van der Waals surface area contributed by atoms with Gasteiger partial charge in [0, 0.05) is 21.3 Å². The second kappa shape index (κ2) is 5.41. The standard InChI is InChI=1S/C11H9Br2N3/c12-8-3-1-4-9(13)11(8)16-7-10-14-5-2-6-15-10/h1-6,16H,7H2. The number of rotatable bonds is 3. The molecule has 1 aromatic carbocycles. The van der Waals surface area contributed by atoms with E-state index >= 15 is 0 Å². The fourth-order valence-corrected chi connectivity index (χ4v) is 2.53. The summed E-state index contributed by atoms with van der Waals surface area (Å²) in [5, 5.41) is 3.28. The Kier molecular flexibility index (Phi) is 3.90. The van der Waals surface area contributed by atoms with Crippen molar-refractivity contribution in [3.8, 4) is 0 Å². The molecule has 2 aromatic rings. The van der Waals surface area contributed by atoms with Crippen LogP contribution in [-0.4, -0.2) is 9.97 Å². The number of nitrogens with zero attached hydrogens (tertiary/aromatic N) is 2. The number of para-hydroxylation sites is 1. The molecule has 0 aliphatic rings. The molecule has 82 valence electrons. The summed E-state index contributed by atoms with van der Waals surface area (Å²) in [6.45, 7) is 0.599. The van der Waals surface area contributed by atoms with Gasteiger partial charge in [-0.2, -0.15) is 0 Å². The Labute approximate surface area is 111 Å². The van der Waals surface area contributed by atoms with Crippen LogP contribution in [0.5, 0.6) is 0 Å². The van der Waals surface area contributed by atoms with E-state index in [1.165, 1.54) is 0 Å². The molecule has 0 fully saturated rings. The summed E-state index contributed by atoms with van der Waals surface area (Å²) < 4.78 is 2.02. The van der Waals surface area contributed by atoms with Crippen LogP contribution in [0.3, 0.4) is 0 Å². The largest absolute Gasteiger partial charge is 0.376 e. The third-order valence-corrected chi connectivity index (χ3v) is 3.33. The lowest BCUT2D eigenvalue weighted by Gasteiger charge is -2.09. The fourth-order valence-electron chi connectivity index (χ4n) is 1.26. The van der Waals surface area contributed by atoms with E-state index in [0.717, 1.165) is 20.5 Å². The molecular weight excluding hydrogens is 334 g/mol. The lowest BCUT2D eigenvalue weighted by molar-refractivity contribution is 0.947. The number of halogens is 2. The van der Waals surface area contributed by atoms with Gasteiger partial charge in [0.15, 0.2) is 0 Å². The van der Waals surface area contributed by atoms with Crippen LogP contribution in [-0.2, 0) is 6.54 Å². The molecule has 0 aliphatic heterocycles. The molecule has 0 bridgehead atoms. The van der Waals surface area contributed by atoms with Gasteiger partial charge in [0.1, 0.15) is 5.82 Å². The number of benzene rings is 1. The van der Waals surface area contributed by atoms with Gasteiger partial charge in [-0.15, -0.1) is 0 Å². The fraction of sp³-hybridized carbons (Fsp3) is 0.0909. The first-order chi connectivity index (χ1) is 7.77. The third kappa shape index (κ3) is 2.80. The highest BCUT2D eigenvalue weighted by Gasteiger charge is 2.04. The van der Waals surface area contributed by atoms with E-state index in [1.54, 1.807) is 18.5 Å². The second-order valence-corrected chi connectivity index (χ2v) is 4.82. The predicted molar refractivity (Wildman–Crippen MR) is 71.2 cm³/mol. The smallest absolute Gasteiger partial charge is 0.147 e. The number of anilines is 1. The van der Waals surface area contributed by atoms with Gasteiger partial charge < -0.3 is 5.32 Å². The lowest BCUT2D eigenvalue weighted by Crippen LogP contribution is -2.04. The Morgan fingerprint density at radius 2 is 1.62 bits per heavy atom. The highest BCUT2D eigenvalue weighted by molar-refractivity contribution is 9.11. The van der Waals surface area contributed by atoms with Crippen LogP contribution < -0.4 is 5.32 Å². The summed E-state index contributed by atoms with van der Waals surface area (Å²) in [4.78, 5) is 8.30. The zero-order chi connectivity index (χ0) is 11.4. The van der Waals surface area contributed by atoms with Gasteiger partial charge in [-0.1, -0.05) is 6.07 Å². The molecule has 0 aliphatic carbocycles. The zero-order valence-electron chi connectivity index (χ0n) is 8.32. The maximum atomic E-state index is 4.15. The Morgan fingerprint density at radius 3 is 2.25 bits per heavy atom. The van der Waals surface area contributed by atoms with E-state index in [9.17, 15) is 0 Å². The third-order valence-electron chi connectivity index (χ3n) is 2.01. The first kappa shape index (κ1) is 11.5. The summed E-state index contributed by atoms with van der Waals surface area (Å²) >= 11 is 6.97. The van der Waals surface area contributed by atoms with Gasteiger partial charge in [-0.3, -0.25) is 0 Å². The number of hydrogen-bond donors (Lipinski definition) is 1. The van der Waals surface area contributed by atoms with E-state index < -0.39 is 0 Å². The lowest BCUT2D eigenvalue weighted by atomic mass is 10.3. The van der Waals surface area contributed by atoms with E-state index in [4.69, 9.17) is 0 Å². The van der Waals surface area contributed by atoms with Crippen molar-refractivity contribution in [3.63, 3.8) is 0 Å². The normalized spacial score (nSPS) is 10.1. The minimum absolute atomic E-state index is 0.599. The van der Waals surface area contributed by atoms with Gasteiger partial charge in [-0.05, 0) is 50.1 Å². The summed E-state index contributed by atoms with van der Waals surface area (Å²) in [5.74, 6) is 0.769. The molecule has 5 heteroatoms. The van der Waals surface area contributed by atoms with Gasteiger partial charge in [0.25, 0.3) is 0 Å². The molecule has 1 N–H and O–H groups in total. The Balaban J connectivity index is 2.11. The number of nitrogens with one attached hydrogen (secondary N) is 1. The van der Waals surface area contributed by atoms with Gasteiger partial charge in [0.2, 0.25) is 0 Å². The molecule has 16 heavy (non-hydrogen) atoms. The highest BCUT2D eigenvalue weighted by Crippen LogP contribution is 2.30. The summed E-state index contributed by atoms with van der Waals surface area (Å²) in [5.41, 5.74) is 1.01. The molecule has 0 saturated heterocycles. The van der Waals surface area contributed by atoms with Crippen LogP contribution in [0.1, 0.15) is 5.82 Å². The highest BCUT2D eigenvalue weighted by atomic mass is 79.9. The monoisotopic (exact) mass is 341 g/mol. The molecule has 1 heterocycles. The van der Waals surface area contributed by atoms with Crippen molar-refractivity contribution >= 4 is 37.5 Å². The molecule has 0 saturated carbocycles. The molecule has 0 unspecified atom stereocenters. The molecule has 0 radical (unpaired) electrons. The number of hydrogen-bond acceptors (Lipinski definition) is 3.